The number of carbonyl (C=O) groups excluding carboxylic acids is 3. The Labute approximate surface area is 166 Å². The summed E-state index contributed by atoms with van der Waals surface area (Å²) < 4.78 is 19.3. The van der Waals surface area contributed by atoms with Gasteiger partial charge in [-0.1, -0.05) is 30.3 Å². The summed E-state index contributed by atoms with van der Waals surface area (Å²) in [5.41, 5.74) is 1.39. The van der Waals surface area contributed by atoms with Gasteiger partial charge in [0.15, 0.2) is 6.10 Å². The van der Waals surface area contributed by atoms with Gasteiger partial charge in [0, 0.05) is 35.6 Å². The summed E-state index contributed by atoms with van der Waals surface area (Å²) in [5, 5.41) is 0.752. The van der Waals surface area contributed by atoms with Crippen LogP contribution in [0, 0.1) is 11.7 Å². The average Bonchev–Trinajstić information content (AvgIpc) is 3.31. The van der Waals surface area contributed by atoms with Crippen molar-refractivity contribution < 1.29 is 23.5 Å². The van der Waals surface area contributed by atoms with Crippen LogP contribution < -0.4 is 4.90 Å². The van der Waals surface area contributed by atoms with Gasteiger partial charge in [-0.05, 0) is 25.1 Å². The zero-order valence-electron chi connectivity index (χ0n) is 15.7. The highest BCUT2D eigenvalue weighted by Gasteiger charge is 2.38. The molecule has 29 heavy (non-hydrogen) atoms. The number of Topliss-reactive ketones (excluding diaryl/α,β-unsaturated/α-hetero) is 1. The number of amides is 1. The number of aromatic nitrogens is 1. The van der Waals surface area contributed by atoms with Crippen molar-refractivity contribution in [2.75, 3.05) is 11.4 Å². The van der Waals surface area contributed by atoms with Crippen molar-refractivity contribution in [2.24, 2.45) is 5.92 Å². The van der Waals surface area contributed by atoms with E-state index in [4.69, 9.17) is 4.74 Å². The van der Waals surface area contributed by atoms with Gasteiger partial charge in [0.25, 0.3) is 0 Å². The van der Waals surface area contributed by atoms with Crippen LogP contribution in [0.15, 0.2) is 54.7 Å². The first-order valence-corrected chi connectivity index (χ1v) is 9.31. The Hall–Kier alpha value is -3.48. The van der Waals surface area contributed by atoms with Crippen LogP contribution in [0.25, 0.3) is 10.9 Å². The zero-order valence-corrected chi connectivity index (χ0v) is 15.7. The first-order chi connectivity index (χ1) is 14.0. The number of halogens is 1. The number of hydrogen-bond donors (Lipinski definition) is 1. The molecule has 148 valence electrons. The lowest BCUT2D eigenvalue weighted by Gasteiger charge is -2.18. The molecule has 2 aromatic carbocycles. The molecule has 1 fully saturated rings. The molecule has 6 nitrogen and oxygen atoms in total. The number of H-pyrrole nitrogens is 1. The Bertz CT molecular complexity index is 1110. The van der Waals surface area contributed by atoms with E-state index in [0.717, 1.165) is 10.9 Å². The number of fused-ring (bicyclic) bond motifs is 1. The Kier molecular flexibility index (Phi) is 4.88. The third-order valence-corrected chi connectivity index (χ3v) is 5.12. The number of hydrogen-bond acceptors (Lipinski definition) is 4. The van der Waals surface area contributed by atoms with Crippen LogP contribution in [-0.4, -0.2) is 35.3 Å². The number of benzene rings is 2. The van der Waals surface area contributed by atoms with Crippen LogP contribution in [-0.2, 0) is 14.3 Å². The van der Waals surface area contributed by atoms with E-state index in [1.54, 1.807) is 12.3 Å². The minimum absolute atomic E-state index is 0.0204. The van der Waals surface area contributed by atoms with E-state index in [2.05, 4.69) is 4.98 Å². The van der Waals surface area contributed by atoms with Crippen molar-refractivity contribution in [2.45, 2.75) is 19.4 Å². The van der Waals surface area contributed by atoms with E-state index in [-0.39, 0.29) is 30.3 Å². The summed E-state index contributed by atoms with van der Waals surface area (Å²) in [6.45, 7) is 1.53. The van der Waals surface area contributed by atoms with Crippen molar-refractivity contribution in [1.29, 1.82) is 0 Å². The Morgan fingerprint density at radius 1 is 1.17 bits per heavy atom. The van der Waals surface area contributed by atoms with E-state index in [0.29, 0.717) is 5.56 Å². The third kappa shape index (κ3) is 3.51. The monoisotopic (exact) mass is 394 g/mol. The van der Waals surface area contributed by atoms with Gasteiger partial charge >= 0.3 is 5.97 Å². The van der Waals surface area contributed by atoms with Crippen LogP contribution in [0.4, 0.5) is 10.1 Å². The Morgan fingerprint density at radius 3 is 2.69 bits per heavy atom. The van der Waals surface area contributed by atoms with Crippen molar-refractivity contribution in [3.05, 3.63) is 66.1 Å². The summed E-state index contributed by atoms with van der Waals surface area (Å²) in [6.07, 6.45) is 0.511. The largest absolute Gasteiger partial charge is 0.454 e. The lowest BCUT2D eigenvalue weighted by molar-refractivity contribution is -0.151. The molecule has 0 bridgehead atoms. The standard InChI is InChI=1S/C22H19FN2O4/c1-13(21(27)16-11-24-18-8-4-2-6-15(16)18)29-22(28)14-10-20(26)25(12-14)19-9-5-3-7-17(19)23/h2-9,11,13-14,24H,10,12H2,1H3. The van der Waals surface area contributed by atoms with E-state index in [1.807, 2.05) is 24.3 Å². The highest BCUT2D eigenvalue weighted by Crippen LogP contribution is 2.28. The quantitative estimate of drug-likeness (QED) is 0.531. The maximum atomic E-state index is 14.0. The molecule has 2 unspecified atom stereocenters. The maximum Gasteiger partial charge on any atom is 0.312 e. The van der Waals surface area contributed by atoms with E-state index in [9.17, 15) is 18.8 Å². The lowest BCUT2D eigenvalue weighted by atomic mass is 10.1. The number of para-hydroxylation sites is 2. The number of nitrogens with one attached hydrogen (secondary N) is 1. The van der Waals surface area contributed by atoms with Crippen molar-refractivity contribution in [3.63, 3.8) is 0 Å². The van der Waals surface area contributed by atoms with Gasteiger partial charge in [0.1, 0.15) is 5.82 Å². The first-order valence-electron chi connectivity index (χ1n) is 9.31. The number of rotatable bonds is 5. The summed E-state index contributed by atoms with van der Waals surface area (Å²) in [7, 11) is 0. The van der Waals surface area contributed by atoms with Gasteiger partial charge in [-0.3, -0.25) is 14.4 Å². The molecule has 1 saturated heterocycles. The normalized spacial score (nSPS) is 17.5. The molecule has 7 heteroatoms. The molecule has 0 aliphatic carbocycles. The molecule has 4 rings (SSSR count). The molecule has 0 radical (unpaired) electrons. The number of ketones is 1. The summed E-state index contributed by atoms with van der Waals surface area (Å²) in [6, 6.07) is 13.3. The molecule has 2 heterocycles. The fraction of sp³-hybridized carbons (Fsp3) is 0.227. The van der Waals surface area contributed by atoms with Crippen LogP contribution in [0.5, 0.6) is 0 Å². The number of carbonyl (C=O) groups is 3. The van der Waals surface area contributed by atoms with Gasteiger partial charge in [-0.25, -0.2) is 4.39 Å². The predicted octanol–water partition coefficient (Wildman–Crippen LogP) is 3.47. The number of anilines is 1. The van der Waals surface area contributed by atoms with Crippen molar-refractivity contribution in [3.8, 4) is 0 Å². The molecule has 3 aromatic rings. The smallest absolute Gasteiger partial charge is 0.312 e. The molecule has 1 amide bonds. The Balaban J connectivity index is 1.45. The first kappa shape index (κ1) is 18.9. The van der Waals surface area contributed by atoms with Crippen LogP contribution in [0.3, 0.4) is 0 Å². The summed E-state index contributed by atoms with van der Waals surface area (Å²) >= 11 is 0. The van der Waals surface area contributed by atoms with E-state index < -0.39 is 23.8 Å². The maximum absolute atomic E-state index is 14.0. The zero-order chi connectivity index (χ0) is 20.5. The number of esters is 1. The third-order valence-electron chi connectivity index (χ3n) is 5.12. The van der Waals surface area contributed by atoms with Crippen molar-refractivity contribution >= 4 is 34.3 Å². The van der Waals surface area contributed by atoms with Gasteiger partial charge in [0.05, 0.1) is 11.6 Å². The van der Waals surface area contributed by atoms with E-state index >= 15 is 0 Å². The fourth-order valence-corrected chi connectivity index (χ4v) is 3.59. The van der Waals surface area contributed by atoms with Crippen molar-refractivity contribution in [1.82, 2.24) is 4.98 Å². The van der Waals surface area contributed by atoms with Crippen LogP contribution in [0.1, 0.15) is 23.7 Å². The molecule has 0 saturated carbocycles. The molecule has 1 aromatic heterocycles. The minimum atomic E-state index is -1.00. The lowest BCUT2D eigenvalue weighted by Crippen LogP contribution is -2.30. The van der Waals surface area contributed by atoms with Crippen LogP contribution >= 0.6 is 0 Å². The molecule has 1 aliphatic heterocycles. The average molecular weight is 394 g/mol. The molecule has 0 spiro atoms. The second-order valence-electron chi connectivity index (χ2n) is 7.05. The summed E-state index contributed by atoms with van der Waals surface area (Å²) in [5.74, 6) is -2.60. The SMILES string of the molecule is CC(OC(=O)C1CC(=O)N(c2ccccc2F)C1)C(=O)c1c[nH]c2ccccc12. The van der Waals surface area contributed by atoms with Gasteiger partial charge in [-0.2, -0.15) is 0 Å². The van der Waals surface area contributed by atoms with E-state index in [1.165, 1.54) is 30.0 Å². The Morgan fingerprint density at radius 2 is 1.90 bits per heavy atom. The topological polar surface area (TPSA) is 79.5 Å². The predicted molar refractivity (Wildman–Crippen MR) is 105 cm³/mol. The second-order valence-corrected chi connectivity index (χ2v) is 7.05. The second kappa shape index (κ2) is 7.50. The summed E-state index contributed by atoms with van der Waals surface area (Å²) in [4.78, 5) is 41.8. The number of ether oxygens (including phenoxy) is 1. The molecule has 1 N–H and O–H groups in total. The highest BCUT2D eigenvalue weighted by molar-refractivity contribution is 6.10. The highest BCUT2D eigenvalue weighted by atomic mass is 19.1. The van der Waals surface area contributed by atoms with Gasteiger partial charge < -0.3 is 14.6 Å². The number of aromatic amines is 1. The molecule has 2 atom stereocenters. The van der Waals surface area contributed by atoms with Crippen LogP contribution in [0.2, 0.25) is 0 Å². The molecular weight excluding hydrogens is 375 g/mol. The molecular formula is C22H19FN2O4. The number of nitrogens with zero attached hydrogens (tertiary/aromatic N) is 1. The van der Waals surface area contributed by atoms with Gasteiger partial charge in [0.2, 0.25) is 11.7 Å². The van der Waals surface area contributed by atoms with Gasteiger partial charge in [-0.15, -0.1) is 0 Å². The minimum Gasteiger partial charge on any atom is -0.454 e. The molecule has 1 aliphatic rings. The fourth-order valence-electron chi connectivity index (χ4n) is 3.59.